The third-order valence-electron chi connectivity index (χ3n) is 3.40. The van der Waals surface area contributed by atoms with Gasteiger partial charge in [-0.25, -0.2) is 4.99 Å². The number of hydrogen-bond acceptors (Lipinski definition) is 4. The van der Waals surface area contributed by atoms with Gasteiger partial charge in [0.2, 0.25) is 5.89 Å². The highest BCUT2D eigenvalue weighted by Crippen LogP contribution is 2.21. The largest absolute Gasteiger partial charge is 0.357 e. The van der Waals surface area contributed by atoms with E-state index in [0.29, 0.717) is 41.4 Å². The highest BCUT2D eigenvalue weighted by Gasteiger charge is 2.09. The summed E-state index contributed by atoms with van der Waals surface area (Å²) in [6, 6.07) is 5.40. The van der Waals surface area contributed by atoms with Gasteiger partial charge >= 0.3 is 0 Å². The van der Waals surface area contributed by atoms with E-state index in [0.717, 1.165) is 17.9 Å². The van der Waals surface area contributed by atoms with Crippen molar-refractivity contribution >= 4 is 29.2 Å². The molecule has 0 aliphatic rings. The molecule has 0 atom stereocenters. The Kier molecular flexibility index (Phi) is 7.52. The molecular formula is C17H23Cl2N5O. The molecule has 0 saturated heterocycles. The van der Waals surface area contributed by atoms with Gasteiger partial charge in [0.25, 0.3) is 0 Å². The Morgan fingerprint density at radius 2 is 2.08 bits per heavy atom. The summed E-state index contributed by atoms with van der Waals surface area (Å²) in [6.45, 7) is 7.94. The minimum atomic E-state index is 0.258. The first kappa shape index (κ1) is 19.5. The van der Waals surface area contributed by atoms with Gasteiger partial charge in [-0.1, -0.05) is 48.3 Å². The molecule has 6 nitrogen and oxygen atoms in total. The topological polar surface area (TPSA) is 75.3 Å². The van der Waals surface area contributed by atoms with E-state index in [1.54, 1.807) is 12.1 Å². The average molecular weight is 384 g/mol. The van der Waals surface area contributed by atoms with Crippen molar-refractivity contribution in [2.75, 3.05) is 13.1 Å². The third-order valence-corrected chi connectivity index (χ3v) is 3.99. The van der Waals surface area contributed by atoms with Gasteiger partial charge in [-0.3, -0.25) is 0 Å². The molecule has 2 rings (SSSR count). The van der Waals surface area contributed by atoms with Crippen LogP contribution in [0.5, 0.6) is 0 Å². The van der Waals surface area contributed by atoms with Gasteiger partial charge in [0.15, 0.2) is 11.8 Å². The molecule has 8 heteroatoms. The molecule has 0 amide bonds. The van der Waals surface area contributed by atoms with Gasteiger partial charge in [0.05, 0.1) is 6.54 Å². The van der Waals surface area contributed by atoms with Gasteiger partial charge in [0.1, 0.15) is 0 Å². The number of aromatic nitrogens is 2. The van der Waals surface area contributed by atoms with Crippen LogP contribution in [-0.2, 0) is 13.0 Å². The van der Waals surface area contributed by atoms with Crippen LogP contribution in [-0.4, -0.2) is 29.2 Å². The molecule has 0 fully saturated rings. The van der Waals surface area contributed by atoms with Crippen molar-refractivity contribution in [2.45, 2.75) is 39.7 Å². The Balaban J connectivity index is 1.90. The fourth-order valence-electron chi connectivity index (χ4n) is 2.05. The first-order valence-electron chi connectivity index (χ1n) is 8.28. The summed E-state index contributed by atoms with van der Waals surface area (Å²) in [5.74, 6) is 2.31. The minimum Gasteiger partial charge on any atom is -0.357 e. The number of guanidine groups is 1. The zero-order valence-corrected chi connectivity index (χ0v) is 16.2. The average Bonchev–Trinajstić information content (AvgIpc) is 3.03. The van der Waals surface area contributed by atoms with Crippen molar-refractivity contribution < 1.29 is 4.52 Å². The molecule has 0 aliphatic heterocycles. The summed E-state index contributed by atoms with van der Waals surface area (Å²) in [5, 5.41) is 11.6. The molecule has 0 saturated carbocycles. The summed E-state index contributed by atoms with van der Waals surface area (Å²) < 4.78 is 5.23. The summed E-state index contributed by atoms with van der Waals surface area (Å²) in [7, 11) is 0. The number of benzene rings is 1. The Morgan fingerprint density at radius 1 is 1.28 bits per heavy atom. The van der Waals surface area contributed by atoms with E-state index in [1.807, 2.05) is 26.8 Å². The lowest BCUT2D eigenvalue weighted by Gasteiger charge is -2.10. The number of nitrogens with zero attached hydrogens (tertiary/aromatic N) is 3. The van der Waals surface area contributed by atoms with Gasteiger partial charge in [-0.05, 0) is 24.6 Å². The van der Waals surface area contributed by atoms with Crippen LogP contribution in [0.3, 0.4) is 0 Å². The number of hydrogen-bond donors (Lipinski definition) is 2. The summed E-state index contributed by atoms with van der Waals surface area (Å²) in [4.78, 5) is 8.90. The van der Waals surface area contributed by atoms with Gasteiger partial charge in [-0.15, -0.1) is 0 Å². The van der Waals surface area contributed by atoms with Crippen molar-refractivity contribution in [2.24, 2.45) is 4.99 Å². The molecular weight excluding hydrogens is 361 g/mol. The van der Waals surface area contributed by atoms with E-state index < -0.39 is 0 Å². The first-order valence-corrected chi connectivity index (χ1v) is 9.03. The number of halogens is 2. The molecule has 0 unspecified atom stereocenters. The molecule has 0 radical (unpaired) electrons. The van der Waals surface area contributed by atoms with E-state index in [2.05, 4.69) is 25.8 Å². The SMILES string of the molecule is CCNC(=NCc1ccc(Cl)cc1Cl)NCCc1nc(C(C)C)no1. The normalized spacial score (nSPS) is 11.8. The van der Waals surface area contributed by atoms with Crippen molar-refractivity contribution in [3.05, 3.63) is 45.5 Å². The van der Waals surface area contributed by atoms with Crippen LogP contribution in [0, 0.1) is 0 Å². The van der Waals surface area contributed by atoms with Crippen molar-refractivity contribution in [1.29, 1.82) is 0 Å². The highest BCUT2D eigenvalue weighted by molar-refractivity contribution is 6.35. The van der Waals surface area contributed by atoms with Crippen LogP contribution >= 0.6 is 23.2 Å². The minimum absolute atomic E-state index is 0.258. The van der Waals surface area contributed by atoms with Crippen LogP contribution in [0.4, 0.5) is 0 Å². The fraction of sp³-hybridized carbons (Fsp3) is 0.471. The smallest absolute Gasteiger partial charge is 0.228 e. The Labute approximate surface area is 158 Å². The van der Waals surface area contributed by atoms with E-state index in [1.165, 1.54) is 0 Å². The van der Waals surface area contributed by atoms with Crippen molar-refractivity contribution in [3.8, 4) is 0 Å². The van der Waals surface area contributed by atoms with E-state index >= 15 is 0 Å². The maximum Gasteiger partial charge on any atom is 0.228 e. The molecule has 136 valence electrons. The van der Waals surface area contributed by atoms with Gasteiger partial charge in [0, 0.05) is 35.5 Å². The van der Waals surface area contributed by atoms with Gasteiger partial charge < -0.3 is 15.2 Å². The monoisotopic (exact) mass is 383 g/mol. The van der Waals surface area contributed by atoms with E-state index in [-0.39, 0.29) is 5.92 Å². The molecule has 2 N–H and O–H groups in total. The lowest BCUT2D eigenvalue weighted by Crippen LogP contribution is -2.38. The third kappa shape index (κ3) is 6.21. The highest BCUT2D eigenvalue weighted by atomic mass is 35.5. The fourth-order valence-corrected chi connectivity index (χ4v) is 2.52. The van der Waals surface area contributed by atoms with Crippen LogP contribution in [0.15, 0.2) is 27.7 Å². The van der Waals surface area contributed by atoms with Crippen LogP contribution < -0.4 is 10.6 Å². The molecule has 1 aromatic carbocycles. The zero-order valence-electron chi connectivity index (χ0n) is 14.6. The Hall–Kier alpha value is -1.79. The van der Waals surface area contributed by atoms with Crippen LogP contribution in [0.25, 0.3) is 0 Å². The predicted molar refractivity (Wildman–Crippen MR) is 101 cm³/mol. The summed E-state index contributed by atoms with van der Waals surface area (Å²) in [5.41, 5.74) is 0.918. The lowest BCUT2D eigenvalue weighted by molar-refractivity contribution is 0.371. The molecule has 1 heterocycles. The molecule has 25 heavy (non-hydrogen) atoms. The standard InChI is InChI=1S/C17H23Cl2N5O/c1-4-20-17(22-10-12-5-6-13(18)9-14(12)19)21-8-7-15-23-16(11(2)3)24-25-15/h5-6,9,11H,4,7-8,10H2,1-3H3,(H2,20,21,22). The Bertz CT molecular complexity index is 715. The maximum atomic E-state index is 6.18. The van der Waals surface area contributed by atoms with Crippen LogP contribution in [0.2, 0.25) is 10.0 Å². The lowest BCUT2D eigenvalue weighted by atomic mass is 10.2. The number of nitrogens with one attached hydrogen (secondary N) is 2. The molecule has 2 aromatic rings. The second kappa shape index (κ2) is 9.63. The van der Waals surface area contributed by atoms with Crippen molar-refractivity contribution in [1.82, 2.24) is 20.8 Å². The molecule has 0 spiro atoms. The molecule has 1 aromatic heterocycles. The molecule has 0 bridgehead atoms. The number of aliphatic imine (C=N–C) groups is 1. The predicted octanol–water partition coefficient (Wildman–Crippen LogP) is 3.80. The Morgan fingerprint density at radius 3 is 2.72 bits per heavy atom. The first-order chi connectivity index (χ1) is 12.0. The zero-order chi connectivity index (χ0) is 18.2. The molecule has 0 aliphatic carbocycles. The maximum absolute atomic E-state index is 6.18. The van der Waals surface area contributed by atoms with Crippen LogP contribution in [0.1, 0.15) is 44.0 Å². The van der Waals surface area contributed by atoms with Crippen molar-refractivity contribution in [3.63, 3.8) is 0 Å². The summed E-state index contributed by atoms with van der Waals surface area (Å²) in [6.07, 6.45) is 0.631. The summed E-state index contributed by atoms with van der Waals surface area (Å²) >= 11 is 12.1. The number of rotatable bonds is 7. The second-order valence-corrected chi connectivity index (χ2v) is 6.65. The second-order valence-electron chi connectivity index (χ2n) is 5.81. The quantitative estimate of drug-likeness (QED) is 0.561. The van der Waals surface area contributed by atoms with E-state index in [4.69, 9.17) is 27.7 Å². The van der Waals surface area contributed by atoms with Gasteiger partial charge in [-0.2, -0.15) is 4.98 Å². The van der Waals surface area contributed by atoms with E-state index in [9.17, 15) is 0 Å².